The van der Waals surface area contributed by atoms with Crippen molar-refractivity contribution >= 4 is 16.9 Å². The second-order valence-corrected chi connectivity index (χ2v) is 5.52. The molecule has 0 unspecified atom stereocenters. The standard InChI is InChI=1S/C17H19N5O/c1-13(11-22-12-21-15-4-2-3-5-16(15)22)17(23)20-7-6-14-10-18-8-9-19-14/h2-5,8-10,12-13H,6-7,11H2,1H3,(H,20,23)/t13-/m0/s1. The second kappa shape index (κ2) is 7.00. The van der Waals surface area contributed by atoms with E-state index in [2.05, 4.69) is 20.3 Å². The quantitative estimate of drug-likeness (QED) is 0.754. The molecule has 0 saturated carbocycles. The molecule has 1 atom stereocenters. The molecule has 23 heavy (non-hydrogen) atoms. The van der Waals surface area contributed by atoms with Gasteiger partial charge in [-0.05, 0) is 12.1 Å². The van der Waals surface area contributed by atoms with Crippen molar-refractivity contribution in [3.05, 3.63) is 54.9 Å². The monoisotopic (exact) mass is 309 g/mol. The van der Waals surface area contributed by atoms with E-state index in [1.807, 2.05) is 35.8 Å². The Hall–Kier alpha value is -2.76. The fourth-order valence-electron chi connectivity index (χ4n) is 2.48. The Bertz CT molecular complexity index is 784. The van der Waals surface area contributed by atoms with Crippen LogP contribution in [0.15, 0.2) is 49.2 Å². The maximum Gasteiger partial charge on any atom is 0.224 e. The topological polar surface area (TPSA) is 72.7 Å². The highest BCUT2D eigenvalue weighted by molar-refractivity contribution is 5.79. The minimum atomic E-state index is -0.130. The van der Waals surface area contributed by atoms with Crippen LogP contribution < -0.4 is 5.32 Å². The summed E-state index contributed by atoms with van der Waals surface area (Å²) in [5.74, 6) is -0.0962. The average Bonchev–Trinajstić information content (AvgIpc) is 2.99. The number of nitrogens with one attached hydrogen (secondary N) is 1. The van der Waals surface area contributed by atoms with Gasteiger partial charge in [-0.25, -0.2) is 4.98 Å². The van der Waals surface area contributed by atoms with E-state index >= 15 is 0 Å². The largest absolute Gasteiger partial charge is 0.355 e. The molecule has 0 saturated heterocycles. The zero-order chi connectivity index (χ0) is 16.1. The number of amides is 1. The van der Waals surface area contributed by atoms with Crippen molar-refractivity contribution in [2.75, 3.05) is 6.54 Å². The van der Waals surface area contributed by atoms with Gasteiger partial charge in [-0.3, -0.25) is 14.8 Å². The number of carbonyl (C=O) groups excluding carboxylic acids is 1. The van der Waals surface area contributed by atoms with Gasteiger partial charge >= 0.3 is 0 Å². The maximum absolute atomic E-state index is 12.2. The SMILES string of the molecule is C[C@@H](Cn1cnc2ccccc21)C(=O)NCCc1cnccn1. The Balaban J connectivity index is 1.53. The van der Waals surface area contributed by atoms with Gasteiger partial charge in [0, 0.05) is 38.1 Å². The fraction of sp³-hybridized carbons (Fsp3) is 0.294. The summed E-state index contributed by atoms with van der Waals surface area (Å²) >= 11 is 0. The number of para-hydroxylation sites is 2. The molecular formula is C17H19N5O. The van der Waals surface area contributed by atoms with Gasteiger partial charge in [0.25, 0.3) is 0 Å². The normalized spacial score (nSPS) is 12.2. The number of hydrogen-bond donors (Lipinski definition) is 1. The summed E-state index contributed by atoms with van der Waals surface area (Å²) in [6.07, 6.45) is 7.48. The molecule has 2 aromatic heterocycles. The lowest BCUT2D eigenvalue weighted by Gasteiger charge is -2.13. The zero-order valence-corrected chi connectivity index (χ0v) is 13.0. The molecule has 0 bridgehead atoms. The van der Waals surface area contributed by atoms with Crippen LogP contribution in [0, 0.1) is 5.92 Å². The summed E-state index contributed by atoms with van der Waals surface area (Å²) in [5.41, 5.74) is 2.87. The first-order valence-electron chi connectivity index (χ1n) is 7.66. The van der Waals surface area contributed by atoms with E-state index in [4.69, 9.17) is 0 Å². The molecule has 0 aliphatic carbocycles. The van der Waals surface area contributed by atoms with Gasteiger partial charge in [-0.15, -0.1) is 0 Å². The fourth-order valence-corrected chi connectivity index (χ4v) is 2.48. The van der Waals surface area contributed by atoms with E-state index in [0.29, 0.717) is 19.5 Å². The third-order valence-corrected chi connectivity index (χ3v) is 3.74. The third-order valence-electron chi connectivity index (χ3n) is 3.74. The third kappa shape index (κ3) is 3.71. The molecule has 0 fully saturated rings. The van der Waals surface area contributed by atoms with Crippen molar-refractivity contribution in [1.29, 1.82) is 0 Å². The van der Waals surface area contributed by atoms with E-state index in [1.165, 1.54) is 0 Å². The molecule has 3 aromatic rings. The number of imidazole rings is 1. The predicted octanol–water partition coefficient (Wildman–Crippen LogP) is 1.82. The van der Waals surface area contributed by atoms with Crippen molar-refractivity contribution in [2.45, 2.75) is 19.9 Å². The minimum Gasteiger partial charge on any atom is -0.355 e. The van der Waals surface area contributed by atoms with E-state index in [-0.39, 0.29) is 11.8 Å². The highest BCUT2D eigenvalue weighted by atomic mass is 16.1. The maximum atomic E-state index is 12.2. The van der Waals surface area contributed by atoms with Gasteiger partial charge in [0.05, 0.1) is 29.0 Å². The van der Waals surface area contributed by atoms with Crippen LogP contribution >= 0.6 is 0 Å². The van der Waals surface area contributed by atoms with Gasteiger partial charge in [-0.1, -0.05) is 19.1 Å². The number of benzene rings is 1. The Morgan fingerprint density at radius 3 is 2.96 bits per heavy atom. The Morgan fingerprint density at radius 2 is 2.13 bits per heavy atom. The highest BCUT2D eigenvalue weighted by Crippen LogP contribution is 2.13. The first-order valence-corrected chi connectivity index (χ1v) is 7.66. The summed E-state index contributed by atoms with van der Waals surface area (Å²) < 4.78 is 2.02. The molecule has 0 aliphatic heterocycles. The van der Waals surface area contributed by atoms with Crippen LogP contribution in [-0.4, -0.2) is 32.0 Å². The molecule has 1 aromatic carbocycles. The molecule has 1 amide bonds. The van der Waals surface area contributed by atoms with Crippen molar-refractivity contribution in [3.8, 4) is 0 Å². The number of aromatic nitrogens is 4. The predicted molar refractivity (Wildman–Crippen MR) is 87.6 cm³/mol. The van der Waals surface area contributed by atoms with Crippen LogP contribution in [0.1, 0.15) is 12.6 Å². The number of nitrogens with zero attached hydrogens (tertiary/aromatic N) is 4. The second-order valence-electron chi connectivity index (χ2n) is 5.52. The summed E-state index contributed by atoms with van der Waals surface area (Å²) in [6.45, 7) is 3.09. The highest BCUT2D eigenvalue weighted by Gasteiger charge is 2.14. The van der Waals surface area contributed by atoms with Crippen LogP contribution in [0.25, 0.3) is 11.0 Å². The molecule has 118 valence electrons. The van der Waals surface area contributed by atoms with Crippen LogP contribution in [0.3, 0.4) is 0 Å². The van der Waals surface area contributed by atoms with Crippen molar-refractivity contribution in [2.24, 2.45) is 5.92 Å². The molecule has 0 radical (unpaired) electrons. The summed E-state index contributed by atoms with van der Waals surface area (Å²) in [7, 11) is 0. The van der Waals surface area contributed by atoms with Gasteiger partial charge < -0.3 is 9.88 Å². The van der Waals surface area contributed by atoms with E-state index in [0.717, 1.165) is 16.7 Å². The molecule has 6 heteroatoms. The van der Waals surface area contributed by atoms with Gasteiger partial charge in [-0.2, -0.15) is 0 Å². The van der Waals surface area contributed by atoms with Gasteiger partial charge in [0.1, 0.15) is 0 Å². The molecule has 3 rings (SSSR count). The molecule has 6 nitrogen and oxygen atoms in total. The molecule has 1 N–H and O–H groups in total. The smallest absolute Gasteiger partial charge is 0.224 e. The first-order chi connectivity index (χ1) is 11.2. The van der Waals surface area contributed by atoms with Gasteiger partial charge in [0.15, 0.2) is 0 Å². The number of hydrogen-bond acceptors (Lipinski definition) is 4. The van der Waals surface area contributed by atoms with Crippen molar-refractivity contribution in [1.82, 2.24) is 24.8 Å². The van der Waals surface area contributed by atoms with E-state index < -0.39 is 0 Å². The minimum absolute atomic E-state index is 0.0340. The average molecular weight is 309 g/mol. The van der Waals surface area contributed by atoms with Crippen molar-refractivity contribution in [3.63, 3.8) is 0 Å². The zero-order valence-electron chi connectivity index (χ0n) is 13.0. The summed E-state index contributed by atoms with van der Waals surface area (Å²) in [4.78, 5) is 24.8. The Kier molecular flexibility index (Phi) is 4.61. The molecular weight excluding hydrogens is 290 g/mol. The van der Waals surface area contributed by atoms with E-state index in [1.54, 1.807) is 24.9 Å². The molecule has 0 aliphatic rings. The summed E-state index contributed by atoms with van der Waals surface area (Å²) in [6, 6.07) is 7.92. The lowest BCUT2D eigenvalue weighted by atomic mass is 10.1. The molecule has 0 spiro atoms. The van der Waals surface area contributed by atoms with Crippen LogP contribution in [0.4, 0.5) is 0 Å². The van der Waals surface area contributed by atoms with Crippen LogP contribution in [-0.2, 0) is 17.8 Å². The summed E-state index contributed by atoms with van der Waals surface area (Å²) in [5, 5.41) is 2.95. The first kappa shape index (κ1) is 15.1. The number of carbonyl (C=O) groups is 1. The number of fused-ring (bicyclic) bond motifs is 1. The number of rotatable bonds is 6. The lowest BCUT2D eigenvalue weighted by molar-refractivity contribution is -0.124. The Labute approximate surface area is 134 Å². The van der Waals surface area contributed by atoms with Crippen LogP contribution in [0.5, 0.6) is 0 Å². The van der Waals surface area contributed by atoms with Gasteiger partial charge in [0.2, 0.25) is 5.91 Å². The lowest BCUT2D eigenvalue weighted by Crippen LogP contribution is -2.33. The van der Waals surface area contributed by atoms with E-state index in [9.17, 15) is 4.79 Å². The molecule has 2 heterocycles. The van der Waals surface area contributed by atoms with Crippen LogP contribution in [0.2, 0.25) is 0 Å². The van der Waals surface area contributed by atoms with Crippen molar-refractivity contribution < 1.29 is 4.79 Å². The Morgan fingerprint density at radius 1 is 1.26 bits per heavy atom.